The Hall–Kier alpha value is -1.04. The lowest BCUT2D eigenvalue weighted by molar-refractivity contribution is 0.677. The fraction of sp³-hybridized carbons (Fsp3) is 0.429. The summed E-state index contributed by atoms with van der Waals surface area (Å²) < 4.78 is 0. The Balaban J connectivity index is 2.76. The largest absolute Gasteiger partial charge is 0.0709 e. The highest BCUT2D eigenvalue weighted by Gasteiger charge is 2.29. The molecule has 0 amide bonds. The molecule has 0 bridgehead atoms. The molecule has 0 unspecified atom stereocenters. The van der Waals surface area contributed by atoms with Crippen molar-refractivity contribution in [2.45, 2.75) is 40.0 Å². The van der Waals surface area contributed by atoms with Crippen LogP contribution in [0.4, 0.5) is 0 Å². The molecule has 1 aromatic carbocycles. The van der Waals surface area contributed by atoms with E-state index < -0.39 is 0 Å². The van der Waals surface area contributed by atoms with Crippen molar-refractivity contribution >= 4 is 5.57 Å². The van der Waals surface area contributed by atoms with E-state index in [9.17, 15) is 0 Å². The van der Waals surface area contributed by atoms with Crippen molar-refractivity contribution in [2.75, 3.05) is 0 Å². The highest BCUT2D eigenvalue weighted by atomic mass is 14.3. The van der Waals surface area contributed by atoms with E-state index in [1.54, 1.807) is 0 Å². The van der Waals surface area contributed by atoms with Crippen molar-refractivity contribution in [3.8, 4) is 0 Å². The molecule has 0 radical (unpaired) electrons. The summed E-state index contributed by atoms with van der Waals surface area (Å²) in [7, 11) is 0. The van der Waals surface area contributed by atoms with Gasteiger partial charge in [0.05, 0.1) is 0 Å². The zero-order chi connectivity index (χ0) is 10.5. The van der Waals surface area contributed by atoms with Crippen LogP contribution in [0.25, 0.3) is 5.57 Å². The molecule has 0 saturated carbocycles. The first-order valence-electron chi connectivity index (χ1n) is 5.23. The van der Waals surface area contributed by atoms with Crippen LogP contribution in [0.5, 0.6) is 0 Å². The monoisotopic (exact) mass is 186 g/mol. The van der Waals surface area contributed by atoms with Gasteiger partial charge in [-0.25, -0.2) is 0 Å². The second kappa shape index (κ2) is 2.73. The third kappa shape index (κ3) is 1.21. The molecule has 0 nitrogen and oxygen atoms in total. The third-order valence-electron chi connectivity index (χ3n) is 3.13. The second-order valence-electron chi connectivity index (χ2n) is 5.05. The Kier molecular flexibility index (Phi) is 1.85. The first kappa shape index (κ1) is 9.51. The van der Waals surface area contributed by atoms with Crippen LogP contribution < -0.4 is 0 Å². The Labute approximate surface area is 86.7 Å². The summed E-state index contributed by atoms with van der Waals surface area (Å²) in [6, 6.07) is 4.59. The minimum absolute atomic E-state index is 0.219. The predicted octanol–water partition coefficient (Wildman–Crippen LogP) is 4.00. The SMILES string of the molecule is CC1=CC(C)(C)c2c(C)cc(C)cc21. The summed E-state index contributed by atoms with van der Waals surface area (Å²) in [5.74, 6) is 0. The zero-order valence-corrected chi connectivity index (χ0v) is 9.73. The summed E-state index contributed by atoms with van der Waals surface area (Å²) in [4.78, 5) is 0. The second-order valence-corrected chi connectivity index (χ2v) is 5.05. The van der Waals surface area contributed by atoms with Crippen molar-refractivity contribution in [3.63, 3.8) is 0 Å². The summed E-state index contributed by atoms with van der Waals surface area (Å²) in [5, 5.41) is 0. The number of hydrogen-bond donors (Lipinski definition) is 0. The molecule has 0 saturated heterocycles. The van der Waals surface area contributed by atoms with Gasteiger partial charge in [-0.05, 0) is 43.0 Å². The Morgan fingerprint density at radius 3 is 2.29 bits per heavy atom. The molecular formula is C14H18. The van der Waals surface area contributed by atoms with E-state index in [1.807, 2.05) is 0 Å². The standard InChI is InChI=1S/C14H18/c1-9-6-10(2)13-12(7-9)11(3)8-14(13,4)5/h6-8H,1-5H3. The quantitative estimate of drug-likeness (QED) is 0.574. The zero-order valence-electron chi connectivity index (χ0n) is 9.73. The highest BCUT2D eigenvalue weighted by Crippen LogP contribution is 2.42. The maximum atomic E-state index is 2.38. The molecule has 0 aromatic heterocycles. The number of fused-ring (bicyclic) bond motifs is 1. The Morgan fingerprint density at radius 1 is 1.00 bits per heavy atom. The van der Waals surface area contributed by atoms with E-state index in [0.29, 0.717) is 0 Å². The Morgan fingerprint density at radius 2 is 1.64 bits per heavy atom. The first-order chi connectivity index (χ1) is 6.42. The maximum Gasteiger partial charge on any atom is 0.00898 e. The van der Waals surface area contributed by atoms with E-state index in [0.717, 1.165) is 0 Å². The molecule has 0 spiro atoms. The van der Waals surface area contributed by atoms with Crippen LogP contribution in [0.15, 0.2) is 18.2 Å². The van der Waals surface area contributed by atoms with Crippen LogP contribution in [0, 0.1) is 13.8 Å². The van der Waals surface area contributed by atoms with E-state index >= 15 is 0 Å². The molecule has 1 aliphatic carbocycles. The molecule has 0 fully saturated rings. The van der Waals surface area contributed by atoms with Crippen LogP contribution in [-0.4, -0.2) is 0 Å². The van der Waals surface area contributed by atoms with E-state index in [-0.39, 0.29) is 5.41 Å². The first-order valence-corrected chi connectivity index (χ1v) is 5.23. The summed E-state index contributed by atoms with van der Waals surface area (Å²) in [5.41, 5.74) is 7.41. The van der Waals surface area contributed by atoms with Gasteiger partial charge in [-0.1, -0.05) is 37.6 Å². The number of allylic oxidation sites excluding steroid dienone is 2. The fourth-order valence-electron chi connectivity index (χ4n) is 2.83. The van der Waals surface area contributed by atoms with Crippen LogP contribution in [-0.2, 0) is 5.41 Å². The molecule has 0 N–H and O–H groups in total. The van der Waals surface area contributed by atoms with Gasteiger partial charge in [-0.3, -0.25) is 0 Å². The van der Waals surface area contributed by atoms with Crippen LogP contribution in [0.2, 0.25) is 0 Å². The van der Waals surface area contributed by atoms with Gasteiger partial charge in [0.15, 0.2) is 0 Å². The summed E-state index contributed by atoms with van der Waals surface area (Å²) >= 11 is 0. The average molecular weight is 186 g/mol. The number of aryl methyl sites for hydroxylation is 2. The molecule has 1 aliphatic rings. The number of rotatable bonds is 0. The minimum Gasteiger partial charge on any atom is -0.0709 e. The van der Waals surface area contributed by atoms with E-state index in [1.165, 1.54) is 27.8 Å². The smallest absolute Gasteiger partial charge is 0.00898 e. The van der Waals surface area contributed by atoms with E-state index in [2.05, 4.69) is 52.8 Å². The molecular weight excluding hydrogens is 168 g/mol. The molecule has 0 aliphatic heterocycles. The molecule has 14 heavy (non-hydrogen) atoms. The van der Waals surface area contributed by atoms with Gasteiger partial charge in [0.2, 0.25) is 0 Å². The number of benzene rings is 1. The lowest BCUT2D eigenvalue weighted by Crippen LogP contribution is -2.12. The normalized spacial score (nSPS) is 17.9. The molecule has 0 heteroatoms. The predicted molar refractivity (Wildman–Crippen MR) is 62.6 cm³/mol. The van der Waals surface area contributed by atoms with Crippen molar-refractivity contribution < 1.29 is 0 Å². The maximum absolute atomic E-state index is 2.38. The molecule has 0 heterocycles. The van der Waals surface area contributed by atoms with Gasteiger partial charge >= 0.3 is 0 Å². The topological polar surface area (TPSA) is 0 Å². The number of hydrogen-bond acceptors (Lipinski definition) is 0. The van der Waals surface area contributed by atoms with Crippen LogP contribution in [0.3, 0.4) is 0 Å². The average Bonchev–Trinajstić information content (AvgIpc) is 2.21. The van der Waals surface area contributed by atoms with Crippen molar-refractivity contribution in [1.29, 1.82) is 0 Å². The van der Waals surface area contributed by atoms with Crippen molar-refractivity contribution in [2.24, 2.45) is 0 Å². The van der Waals surface area contributed by atoms with Gasteiger partial charge < -0.3 is 0 Å². The molecule has 2 rings (SSSR count). The minimum atomic E-state index is 0.219. The fourth-order valence-corrected chi connectivity index (χ4v) is 2.83. The Bertz CT molecular complexity index is 420. The lowest BCUT2D eigenvalue weighted by Gasteiger charge is -2.20. The van der Waals surface area contributed by atoms with Gasteiger partial charge in [0, 0.05) is 5.41 Å². The van der Waals surface area contributed by atoms with E-state index in [4.69, 9.17) is 0 Å². The molecule has 0 atom stereocenters. The summed E-state index contributed by atoms with van der Waals surface area (Å²) in [6.07, 6.45) is 2.38. The van der Waals surface area contributed by atoms with Crippen molar-refractivity contribution in [1.82, 2.24) is 0 Å². The summed E-state index contributed by atoms with van der Waals surface area (Å²) in [6.45, 7) is 11.2. The van der Waals surface area contributed by atoms with Crippen LogP contribution >= 0.6 is 0 Å². The van der Waals surface area contributed by atoms with Gasteiger partial charge in [-0.15, -0.1) is 0 Å². The van der Waals surface area contributed by atoms with Gasteiger partial charge in [-0.2, -0.15) is 0 Å². The van der Waals surface area contributed by atoms with Crippen LogP contribution in [0.1, 0.15) is 43.0 Å². The lowest BCUT2D eigenvalue weighted by atomic mass is 9.83. The van der Waals surface area contributed by atoms with Gasteiger partial charge in [0.25, 0.3) is 0 Å². The third-order valence-corrected chi connectivity index (χ3v) is 3.13. The highest BCUT2D eigenvalue weighted by molar-refractivity contribution is 5.76. The van der Waals surface area contributed by atoms with Gasteiger partial charge in [0.1, 0.15) is 0 Å². The molecule has 1 aromatic rings. The molecule has 74 valence electrons. The van der Waals surface area contributed by atoms with Crippen molar-refractivity contribution in [3.05, 3.63) is 40.5 Å².